The minimum Gasteiger partial charge on any atom is -0.286 e. The van der Waals surface area contributed by atoms with Crippen LogP contribution in [0, 0.1) is 0 Å². The summed E-state index contributed by atoms with van der Waals surface area (Å²) in [6, 6.07) is 4.92. The van der Waals surface area contributed by atoms with Crippen molar-refractivity contribution in [3.8, 4) is 0 Å². The maximum absolute atomic E-state index is 11.0. The summed E-state index contributed by atoms with van der Waals surface area (Å²) >= 11 is 0. The van der Waals surface area contributed by atoms with Gasteiger partial charge < -0.3 is 0 Å². The van der Waals surface area contributed by atoms with Crippen molar-refractivity contribution >= 4 is 5.91 Å². The van der Waals surface area contributed by atoms with E-state index in [0.717, 1.165) is 0 Å². The van der Waals surface area contributed by atoms with Crippen molar-refractivity contribution in [1.29, 1.82) is 0 Å². The first-order valence-electron chi connectivity index (χ1n) is 3.10. The van der Waals surface area contributed by atoms with E-state index in [2.05, 4.69) is 4.98 Å². The Morgan fingerprint density at radius 1 is 1.64 bits per heavy atom. The fraction of sp³-hybridized carbons (Fsp3) is 0.143. The van der Waals surface area contributed by atoms with Crippen LogP contribution in [0.2, 0.25) is 0 Å². The highest BCUT2D eigenvalue weighted by Gasteiger charge is 2.08. The number of amides is 1. The van der Waals surface area contributed by atoms with Crippen LogP contribution in [0.4, 0.5) is 0 Å². The molecule has 1 aromatic rings. The lowest BCUT2D eigenvalue weighted by Crippen LogP contribution is -2.23. The molecule has 0 spiro atoms. The van der Waals surface area contributed by atoms with Gasteiger partial charge in [0.2, 0.25) is 0 Å². The van der Waals surface area contributed by atoms with Gasteiger partial charge in [0.05, 0.1) is 0 Å². The third-order valence-corrected chi connectivity index (χ3v) is 1.18. The van der Waals surface area contributed by atoms with Gasteiger partial charge in [0.1, 0.15) is 5.69 Å². The quantitative estimate of drug-likeness (QED) is 0.472. The molecule has 0 aliphatic heterocycles. The molecule has 1 amide bonds. The fourth-order valence-electron chi connectivity index (χ4n) is 0.655. The first-order valence-corrected chi connectivity index (χ1v) is 3.10. The molecular weight excluding hydrogens is 144 g/mol. The summed E-state index contributed by atoms with van der Waals surface area (Å²) in [5.41, 5.74) is 0.234. The zero-order valence-electron chi connectivity index (χ0n) is 6.06. The van der Waals surface area contributed by atoms with E-state index in [1.54, 1.807) is 12.1 Å². The molecule has 1 N–H and O–H groups in total. The molecular formula is C7H8N2O2. The Morgan fingerprint density at radius 3 is 2.82 bits per heavy atom. The SMILES string of the molecule is CN(O)C(=O)c1ccccn1. The first kappa shape index (κ1) is 7.68. The molecule has 0 unspecified atom stereocenters. The monoisotopic (exact) mass is 152 g/mol. The van der Waals surface area contributed by atoms with E-state index in [-0.39, 0.29) is 5.69 Å². The average molecular weight is 152 g/mol. The molecule has 0 aliphatic rings. The summed E-state index contributed by atoms with van der Waals surface area (Å²) in [5, 5.41) is 9.22. The topological polar surface area (TPSA) is 53.4 Å². The van der Waals surface area contributed by atoms with Gasteiger partial charge in [-0.05, 0) is 12.1 Å². The molecule has 4 heteroatoms. The van der Waals surface area contributed by atoms with E-state index in [9.17, 15) is 4.79 Å². The van der Waals surface area contributed by atoms with Crippen LogP contribution < -0.4 is 0 Å². The predicted octanol–water partition coefficient (Wildman–Crippen LogP) is 0.543. The maximum atomic E-state index is 11.0. The van der Waals surface area contributed by atoms with Crippen LogP contribution in [0.25, 0.3) is 0 Å². The zero-order valence-corrected chi connectivity index (χ0v) is 6.06. The zero-order chi connectivity index (χ0) is 8.27. The summed E-state index contributed by atoms with van der Waals surface area (Å²) in [6.45, 7) is 0. The highest BCUT2D eigenvalue weighted by atomic mass is 16.5. The number of hydrogen-bond acceptors (Lipinski definition) is 3. The van der Waals surface area contributed by atoms with Crippen molar-refractivity contribution < 1.29 is 10.0 Å². The van der Waals surface area contributed by atoms with Crippen LogP contribution >= 0.6 is 0 Å². The Hall–Kier alpha value is -1.42. The van der Waals surface area contributed by atoms with Crippen LogP contribution in [-0.4, -0.2) is 28.2 Å². The second kappa shape index (κ2) is 3.12. The summed E-state index contributed by atoms with van der Waals surface area (Å²) in [6.07, 6.45) is 1.50. The minimum absolute atomic E-state index is 0.234. The number of pyridine rings is 1. The number of carbonyl (C=O) groups excluding carboxylic acids is 1. The number of carbonyl (C=O) groups is 1. The van der Waals surface area contributed by atoms with E-state index in [4.69, 9.17) is 5.21 Å². The molecule has 0 aliphatic carbocycles. The van der Waals surface area contributed by atoms with Crippen LogP contribution in [0.5, 0.6) is 0 Å². The van der Waals surface area contributed by atoms with Gasteiger partial charge in [0, 0.05) is 13.2 Å². The predicted molar refractivity (Wildman–Crippen MR) is 38.1 cm³/mol. The van der Waals surface area contributed by atoms with Crippen LogP contribution in [0.15, 0.2) is 24.4 Å². The highest BCUT2D eigenvalue weighted by molar-refractivity contribution is 5.91. The second-order valence-electron chi connectivity index (χ2n) is 2.04. The Bertz CT molecular complexity index is 246. The van der Waals surface area contributed by atoms with Gasteiger partial charge in [-0.1, -0.05) is 6.07 Å². The van der Waals surface area contributed by atoms with Gasteiger partial charge in [0.25, 0.3) is 5.91 Å². The largest absolute Gasteiger partial charge is 0.295 e. The number of aromatic nitrogens is 1. The van der Waals surface area contributed by atoms with E-state index in [1.165, 1.54) is 19.3 Å². The van der Waals surface area contributed by atoms with Crippen molar-refractivity contribution in [3.05, 3.63) is 30.1 Å². The molecule has 0 aromatic carbocycles. The van der Waals surface area contributed by atoms with Crippen molar-refractivity contribution in [1.82, 2.24) is 10.0 Å². The molecule has 0 saturated carbocycles. The van der Waals surface area contributed by atoms with Gasteiger partial charge >= 0.3 is 0 Å². The molecule has 0 radical (unpaired) electrons. The Labute approximate surface area is 64.1 Å². The van der Waals surface area contributed by atoms with Crippen molar-refractivity contribution in [2.75, 3.05) is 7.05 Å². The molecule has 0 atom stereocenters. The highest BCUT2D eigenvalue weighted by Crippen LogP contribution is 1.95. The molecule has 1 rings (SSSR count). The molecule has 0 saturated heterocycles. The van der Waals surface area contributed by atoms with Crippen molar-refractivity contribution in [2.45, 2.75) is 0 Å². The van der Waals surface area contributed by atoms with Crippen LogP contribution in [-0.2, 0) is 0 Å². The van der Waals surface area contributed by atoms with E-state index < -0.39 is 5.91 Å². The second-order valence-corrected chi connectivity index (χ2v) is 2.04. The summed E-state index contributed by atoms with van der Waals surface area (Å²) in [5.74, 6) is -0.509. The molecule has 0 fully saturated rings. The Morgan fingerprint density at radius 2 is 2.36 bits per heavy atom. The maximum Gasteiger partial charge on any atom is 0.295 e. The number of hydroxylamine groups is 2. The minimum atomic E-state index is -0.509. The number of rotatable bonds is 1. The Kier molecular flexibility index (Phi) is 2.18. The fourth-order valence-corrected chi connectivity index (χ4v) is 0.655. The van der Waals surface area contributed by atoms with Crippen LogP contribution in [0.1, 0.15) is 10.5 Å². The normalized spacial score (nSPS) is 9.27. The summed E-state index contributed by atoms with van der Waals surface area (Å²) in [7, 11) is 1.26. The third kappa shape index (κ3) is 1.75. The number of nitrogens with zero attached hydrogens (tertiary/aromatic N) is 2. The van der Waals surface area contributed by atoms with Gasteiger partial charge in [-0.2, -0.15) is 0 Å². The molecule has 0 bridgehead atoms. The lowest BCUT2D eigenvalue weighted by atomic mass is 10.3. The van der Waals surface area contributed by atoms with Crippen molar-refractivity contribution in [2.24, 2.45) is 0 Å². The molecule has 58 valence electrons. The molecule has 1 aromatic heterocycles. The summed E-state index contributed by atoms with van der Waals surface area (Å²) < 4.78 is 0. The third-order valence-electron chi connectivity index (χ3n) is 1.18. The van der Waals surface area contributed by atoms with Crippen LogP contribution in [0.3, 0.4) is 0 Å². The van der Waals surface area contributed by atoms with Gasteiger partial charge in [0.15, 0.2) is 0 Å². The number of hydrogen-bond donors (Lipinski definition) is 1. The van der Waals surface area contributed by atoms with Gasteiger partial charge in [-0.15, -0.1) is 0 Å². The Balaban J connectivity index is 2.86. The van der Waals surface area contributed by atoms with Gasteiger partial charge in [-0.3, -0.25) is 15.0 Å². The lowest BCUT2D eigenvalue weighted by molar-refractivity contribution is -0.0379. The molecule has 11 heavy (non-hydrogen) atoms. The molecule has 4 nitrogen and oxygen atoms in total. The standard InChI is InChI=1S/C7H8N2O2/c1-9(11)7(10)6-4-2-3-5-8-6/h2-5,11H,1H3. The summed E-state index contributed by atoms with van der Waals surface area (Å²) in [4.78, 5) is 14.7. The van der Waals surface area contributed by atoms with Gasteiger partial charge in [-0.25, -0.2) is 5.06 Å². The van der Waals surface area contributed by atoms with E-state index in [1.807, 2.05) is 0 Å². The smallest absolute Gasteiger partial charge is 0.286 e. The molecule has 1 heterocycles. The van der Waals surface area contributed by atoms with E-state index in [0.29, 0.717) is 5.06 Å². The lowest BCUT2D eigenvalue weighted by Gasteiger charge is -2.05. The van der Waals surface area contributed by atoms with E-state index >= 15 is 0 Å². The first-order chi connectivity index (χ1) is 5.22. The average Bonchev–Trinajstić information content (AvgIpc) is 2.05. The van der Waals surface area contributed by atoms with Crippen molar-refractivity contribution in [3.63, 3.8) is 0 Å².